The molecular formula is H9AlGeSnZn. The van der Waals surface area contributed by atoms with Crippen LogP contribution in [-0.4, -0.2) is 58.9 Å². The molecule has 0 bridgehead atoms. The van der Waals surface area contributed by atoms with Crippen molar-refractivity contribution in [3.05, 3.63) is 0 Å². The van der Waals surface area contributed by atoms with Crippen LogP contribution in [0.5, 0.6) is 0 Å². The number of hydrogen-bond acceptors (Lipinski definition) is 0. The van der Waals surface area contributed by atoms with Crippen molar-refractivity contribution in [2.75, 3.05) is 0 Å². The molecule has 0 saturated heterocycles. The van der Waals surface area contributed by atoms with E-state index < -0.39 is 0 Å². The summed E-state index contributed by atoms with van der Waals surface area (Å²) < 4.78 is 0. The van der Waals surface area contributed by atoms with Gasteiger partial charge in [0.2, 0.25) is 0 Å². The van der Waals surface area contributed by atoms with Gasteiger partial charge in [0.05, 0.1) is 0 Å². The van der Waals surface area contributed by atoms with Gasteiger partial charge in [-0.3, -0.25) is 0 Å². The Morgan fingerprint density at radius 1 is 1.00 bits per heavy atom. The Hall–Kier alpha value is 2.50. The van der Waals surface area contributed by atoms with Crippen molar-refractivity contribution in [1.82, 2.24) is 0 Å². The first-order valence-corrected chi connectivity index (χ1v) is 0. The van der Waals surface area contributed by atoms with Crippen LogP contribution in [0.3, 0.4) is 0 Å². The van der Waals surface area contributed by atoms with Crippen molar-refractivity contribution >= 4 is 58.9 Å². The van der Waals surface area contributed by atoms with Gasteiger partial charge in [0.25, 0.3) is 0 Å². The van der Waals surface area contributed by atoms with E-state index in [9.17, 15) is 0 Å². The van der Waals surface area contributed by atoms with Gasteiger partial charge in [0.15, 0.2) is 17.4 Å². The largest absolute Gasteiger partial charge is 0 e. The first kappa shape index (κ1) is 31.5. The van der Waals surface area contributed by atoms with Crippen LogP contribution in [0.1, 0.15) is 0 Å². The molecule has 0 aromatic carbocycles. The summed E-state index contributed by atoms with van der Waals surface area (Å²) in [6.07, 6.45) is 0. The Morgan fingerprint density at radius 2 is 1.00 bits per heavy atom. The van der Waals surface area contributed by atoms with Crippen molar-refractivity contribution in [3.8, 4) is 0 Å². The zero-order chi connectivity index (χ0) is 0. The third-order valence-corrected chi connectivity index (χ3v) is 0. The van der Waals surface area contributed by atoms with Crippen LogP contribution in [0.25, 0.3) is 0 Å². The van der Waals surface area contributed by atoms with Crippen LogP contribution in [0.2, 0.25) is 0 Å². The molecule has 0 aromatic heterocycles. The van der Waals surface area contributed by atoms with E-state index in [-0.39, 0.29) is 78.3 Å². The molecule has 0 spiro atoms. The van der Waals surface area contributed by atoms with Crippen molar-refractivity contribution in [1.29, 1.82) is 0 Å². The summed E-state index contributed by atoms with van der Waals surface area (Å²) in [5.41, 5.74) is 0. The van der Waals surface area contributed by atoms with Gasteiger partial charge >= 0.3 is 41.5 Å². The molecule has 4 heavy (non-hydrogen) atoms. The first-order valence-electron chi connectivity index (χ1n) is 0. The van der Waals surface area contributed by atoms with E-state index in [0.717, 1.165) is 0 Å². The molecule has 0 heterocycles. The van der Waals surface area contributed by atoms with Crippen LogP contribution in [0.15, 0.2) is 0 Å². The fraction of sp³-hybridized carbons (Fsp3) is 0. The summed E-state index contributed by atoms with van der Waals surface area (Å²) in [6.45, 7) is 0. The third kappa shape index (κ3) is 8.82. The van der Waals surface area contributed by atoms with Gasteiger partial charge in [-0.05, 0) is 0 Å². The molecule has 0 N–H and O–H groups in total. The van der Waals surface area contributed by atoms with Crippen molar-refractivity contribution in [2.24, 2.45) is 0 Å². The van der Waals surface area contributed by atoms with Crippen molar-refractivity contribution in [3.63, 3.8) is 0 Å². The van der Waals surface area contributed by atoms with Gasteiger partial charge in [-0.1, -0.05) is 0 Å². The molecule has 0 rings (SSSR count). The molecule has 0 amide bonds. The quantitative estimate of drug-likeness (QED) is 0.406. The normalized spacial score (nSPS) is 0. The zero-order valence-electron chi connectivity index (χ0n) is 1.41. The van der Waals surface area contributed by atoms with Gasteiger partial charge in [0.1, 0.15) is 0 Å². The van der Waals surface area contributed by atoms with E-state index in [2.05, 4.69) is 0 Å². The topological polar surface area (TPSA) is 0 Å². The zero-order valence-corrected chi connectivity index (χ0v) is 8.42. The van der Waals surface area contributed by atoms with Crippen molar-refractivity contribution < 1.29 is 19.5 Å². The maximum Gasteiger partial charge on any atom is 0 e. The summed E-state index contributed by atoms with van der Waals surface area (Å²) in [7, 11) is 0. The van der Waals surface area contributed by atoms with Crippen LogP contribution in [-0.2, 0) is 19.5 Å². The van der Waals surface area contributed by atoms with Crippen molar-refractivity contribution in [2.45, 2.75) is 0 Å². The van der Waals surface area contributed by atoms with Gasteiger partial charge in [0, 0.05) is 19.5 Å². The standard InChI is InChI=1S/Al.GeH4.Sn.Zn.5H/h;1H4;;;;;;;. The SMILES string of the molecule is [AlH3].[GeH4].[SnH2].[Zn]. The fourth-order valence-electron chi connectivity index (χ4n) is 0. The molecule has 2 radical (unpaired) electrons. The predicted molar refractivity (Wildman–Crippen MR) is 29.8 cm³/mol. The molecule has 0 nitrogen and oxygen atoms in total. The van der Waals surface area contributed by atoms with Gasteiger partial charge in [-0.25, -0.2) is 0 Å². The smallest absolute Gasteiger partial charge is 0 e. The molecule has 0 saturated carbocycles. The molecule has 0 unspecified atom stereocenters. The second-order valence-electron chi connectivity index (χ2n) is 0. The molecule has 22 valence electrons. The fourth-order valence-corrected chi connectivity index (χ4v) is 0. The molecule has 0 aliphatic rings. The summed E-state index contributed by atoms with van der Waals surface area (Å²) in [5, 5.41) is 0. The van der Waals surface area contributed by atoms with Gasteiger partial charge < -0.3 is 0 Å². The molecule has 0 fully saturated rings. The monoisotopic (exact) mass is 294 g/mol. The van der Waals surface area contributed by atoms with E-state index in [0.29, 0.717) is 0 Å². The minimum atomic E-state index is 0. The van der Waals surface area contributed by atoms with E-state index in [1.165, 1.54) is 0 Å². The van der Waals surface area contributed by atoms with Gasteiger partial charge in [-0.15, -0.1) is 0 Å². The molecule has 0 aliphatic carbocycles. The van der Waals surface area contributed by atoms with Gasteiger partial charge in [-0.2, -0.15) is 0 Å². The van der Waals surface area contributed by atoms with E-state index in [4.69, 9.17) is 0 Å². The van der Waals surface area contributed by atoms with E-state index in [1.54, 1.807) is 0 Å². The van der Waals surface area contributed by atoms with E-state index in [1.807, 2.05) is 0 Å². The second-order valence-corrected chi connectivity index (χ2v) is 0. The molecular weight excluding hydrogens is 284 g/mol. The average Bonchev–Trinajstić information content (AvgIpc) is 0. The van der Waals surface area contributed by atoms with Crippen LogP contribution >= 0.6 is 0 Å². The van der Waals surface area contributed by atoms with Crippen LogP contribution in [0.4, 0.5) is 0 Å². The Bertz CT molecular complexity index is 8.00. The summed E-state index contributed by atoms with van der Waals surface area (Å²) >= 11 is 0. The predicted octanol–water partition coefficient (Wildman–Crippen LogP) is -3.55. The minimum Gasteiger partial charge on any atom is 0 e. The maximum atomic E-state index is 0. The van der Waals surface area contributed by atoms with Crippen LogP contribution < -0.4 is 0 Å². The summed E-state index contributed by atoms with van der Waals surface area (Å²) in [5.74, 6) is 0. The number of hydrogen-bond donors (Lipinski definition) is 0. The molecule has 4 heteroatoms. The Kier molecular flexibility index (Phi) is 140. The maximum absolute atomic E-state index is 0. The first-order chi connectivity index (χ1) is 0. The average molecular weight is 293 g/mol. The van der Waals surface area contributed by atoms with E-state index >= 15 is 0 Å². The molecule has 0 aliphatic heterocycles. The Morgan fingerprint density at radius 3 is 1.00 bits per heavy atom. The minimum absolute atomic E-state index is 0. The molecule has 0 aromatic rings. The summed E-state index contributed by atoms with van der Waals surface area (Å²) in [4.78, 5) is 0. The van der Waals surface area contributed by atoms with Crippen LogP contribution in [0, 0.1) is 0 Å². The molecule has 0 atom stereocenters. The Balaban J connectivity index is 0. The third-order valence-electron chi connectivity index (χ3n) is 0. The number of rotatable bonds is 0. The summed E-state index contributed by atoms with van der Waals surface area (Å²) in [6, 6.07) is 0. The second kappa shape index (κ2) is 17.8. The Labute approximate surface area is 77.3 Å².